The van der Waals surface area contributed by atoms with Crippen LogP contribution in [-0.2, 0) is 0 Å². The molecule has 3 nitrogen and oxygen atoms in total. The topological polar surface area (TPSA) is 24.5 Å². The van der Waals surface area contributed by atoms with Gasteiger partial charge in [0.2, 0.25) is 0 Å². The first-order chi connectivity index (χ1) is 9.74. The molecule has 3 unspecified atom stereocenters. The second-order valence-corrected chi connectivity index (χ2v) is 6.41. The lowest BCUT2D eigenvalue weighted by Crippen LogP contribution is -2.34. The molecule has 0 bridgehead atoms. The largest absolute Gasteiger partial charge is 0.494 e. The van der Waals surface area contributed by atoms with Crippen LogP contribution in [0.3, 0.4) is 0 Å². The molecule has 1 N–H and O–H groups in total. The minimum absolute atomic E-state index is 0.713. The SMILES string of the molecule is CC1C2CNCC2CN1CCCOc1ccc(Cl)cc1. The summed E-state index contributed by atoms with van der Waals surface area (Å²) in [5, 5.41) is 4.26. The maximum Gasteiger partial charge on any atom is 0.119 e. The summed E-state index contributed by atoms with van der Waals surface area (Å²) in [4.78, 5) is 2.63. The number of hydrogen-bond donors (Lipinski definition) is 1. The molecular formula is C16H23ClN2O. The Balaban J connectivity index is 1.39. The van der Waals surface area contributed by atoms with Gasteiger partial charge in [-0.3, -0.25) is 4.90 Å². The number of rotatable bonds is 5. The highest BCUT2D eigenvalue weighted by molar-refractivity contribution is 6.30. The van der Waals surface area contributed by atoms with Gasteiger partial charge in [0.05, 0.1) is 6.61 Å². The Hall–Kier alpha value is -0.770. The van der Waals surface area contributed by atoms with Gasteiger partial charge in [-0.25, -0.2) is 0 Å². The van der Waals surface area contributed by atoms with E-state index in [-0.39, 0.29) is 0 Å². The number of nitrogens with one attached hydrogen (secondary N) is 1. The predicted octanol–water partition coefficient (Wildman–Crippen LogP) is 2.65. The van der Waals surface area contributed by atoms with E-state index in [9.17, 15) is 0 Å². The summed E-state index contributed by atoms with van der Waals surface area (Å²) in [7, 11) is 0. The molecular weight excluding hydrogens is 272 g/mol. The maximum absolute atomic E-state index is 5.85. The van der Waals surface area contributed by atoms with Crippen LogP contribution in [0.5, 0.6) is 5.75 Å². The van der Waals surface area contributed by atoms with Crippen LogP contribution >= 0.6 is 11.6 Å². The Morgan fingerprint density at radius 2 is 2.10 bits per heavy atom. The maximum atomic E-state index is 5.85. The quantitative estimate of drug-likeness (QED) is 0.845. The van der Waals surface area contributed by atoms with Gasteiger partial charge in [-0.2, -0.15) is 0 Å². The molecule has 2 saturated heterocycles. The fourth-order valence-corrected chi connectivity index (χ4v) is 3.67. The fraction of sp³-hybridized carbons (Fsp3) is 0.625. The van der Waals surface area contributed by atoms with Crippen molar-refractivity contribution < 1.29 is 4.74 Å². The summed E-state index contributed by atoms with van der Waals surface area (Å²) >= 11 is 5.85. The molecule has 0 radical (unpaired) electrons. The average Bonchev–Trinajstić information content (AvgIpc) is 3.01. The van der Waals surface area contributed by atoms with Gasteiger partial charge >= 0.3 is 0 Å². The van der Waals surface area contributed by atoms with Crippen molar-refractivity contribution in [2.45, 2.75) is 19.4 Å². The second kappa shape index (κ2) is 6.33. The lowest BCUT2D eigenvalue weighted by atomic mass is 9.95. The Labute approximate surface area is 126 Å². The molecule has 3 atom stereocenters. The molecule has 0 aliphatic carbocycles. The molecule has 3 rings (SSSR count). The molecule has 1 aromatic carbocycles. The lowest BCUT2D eigenvalue weighted by Gasteiger charge is -2.24. The lowest BCUT2D eigenvalue weighted by molar-refractivity contribution is 0.212. The van der Waals surface area contributed by atoms with Gasteiger partial charge < -0.3 is 10.1 Å². The minimum atomic E-state index is 0.713. The fourth-order valence-electron chi connectivity index (χ4n) is 3.54. The summed E-state index contributed by atoms with van der Waals surface area (Å²) in [5.41, 5.74) is 0. The number of likely N-dealkylation sites (tertiary alicyclic amines) is 1. The highest BCUT2D eigenvalue weighted by atomic mass is 35.5. The summed E-state index contributed by atoms with van der Waals surface area (Å²) in [6.07, 6.45) is 1.08. The average molecular weight is 295 g/mol. The van der Waals surface area contributed by atoms with Crippen molar-refractivity contribution in [3.8, 4) is 5.75 Å². The van der Waals surface area contributed by atoms with Gasteiger partial charge in [0.15, 0.2) is 0 Å². The summed E-state index contributed by atoms with van der Waals surface area (Å²) in [5.74, 6) is 2.62. The molecule has 2 aliphatic rings. The van der Waals surface area contributed by atoms with Crippen molar-refractivity contribution in [3.63, 3.8) is 0 Å². The van der Waals surface area contributed by atoms with E-state index in [0.717, 1.165) is 42.2 Å². The van der Waals surface area contributed by atoms with Gasteiger partial charge in [-0.1, -0.05) is 11.6 Å². The van der Waals surface area contributed by atoms with Crippen LogP contribution in [0.1, 0.15) is 13.3 Å². The molecule has 2 aliphatic heterocycles. The first-order valence-corrected chi connectivity index (χ1v) is 7.95. The molecule has 2 heterocycles. The van der Waals surface area contributed by atoms with Gasteiger partial charge in [0.25, 0.3) is 0 Å². The molecule has 0 spiro atoms. The Kier molecular flexibility index (Phi) is 4.49. The molecule has 110 valence electrons. The van der Waals surface area contributed by atoms with Crippen LogP contribution < -0.4 is 10.1 Å². The van der Waals surface area contributed by atoms with Gasteiger partial charge in [-0.15, -0.1) is 0 Å². The Morgan fingerprint density at radius 3 is 2.85 bits per heavy atom. The molecule has 4 heteroatoms. The van der Waals surface area contributed by atoms with Crippen LogP contribution in [0, 0.1) is 11.8 Å². The smallest absolute Gasteiger partial charge is 0.119 e. The highest BCUT2D eigenvalue weighted by Gasteiger charge is 2.41. The van der Waals surface area contributed by atoms with Crippen LogP contribution in [0.4, 0.5) is 0 Å². The third-order valence-electron chi connectivity index (χ3n) is 4.73. The third-order valence-corrected chi connectivity index (χ3v) is 4.98. The van der Waals surface area contributed by atoms with Crippen molar-refractivity contribution in [1.29, 1.82) is 0 Å². The Bertz CT molecular complexity index is 437. The van der Waals surface area contributed by atoms with E-state index in [1.54, 1.807) is 0 Å². The van der Waals surface area contributed by atoms with Crippen LogP contribution in [-0.4, -0.2) is 43.7 Å². The van der Waals surface area contributed by atoms with Gasteiger partial charge in [0, 0.05) is 24.2 Å². The van der Waals surface area contributed by atoms with E-state index in [1.165, 1.54) is 19.6 Å². The standard InChI is InChI=1S/C16H23ClN2O/c1-12-16-10-18-9-13(16)11-19(12)7-2-8-20-15-5-3-14(17)4-6-15/h3-6,12-13,16,18H,2,7-11H2,1H3. The minimum Gasteiger partial charge on any atom is -0.494 e. The van der Waals surface area contributed by atoms with Crippen molar-refractivity contribution >= 4 is 11.6 Å². The van der Waals surface area contributed by atoms with Crippen molar-refractivity contribution in [2.75, 3.05) is 32.8 Å². The molecule has 0 saturated carbocycles. The van der Waals surface area contributed by atoms with Crippen molar-refractivity contribution in [1.82, 2.24) is 10.2 Å². The first kappa shape index (κ1) is 14.2. The normalized spacial score (nSPS) is 29.6. The number of halogens is 1. The Morgan fingerprint density at radius 1 is 1.30 bits per heavy atom. The molecule has 0 aromatic heterocycles. The molecule has 1 aromatic rings. The van der Waals surface area contributed by atoms with Gasteiger partial charge in [-0.05, 0) is 62.5 Å². The first-order valence-electron chi connectivity index (χ1n) is 7.57. The van der Waals surface area contributed by atoms with E-state index in [4.69, 9.17) is 16.3 Å². The van der Waals surface area contributed by atoms with E-state index in [2.05, 4.69) is 17.1 Å². The van der Waals surface area contributed by atoms with Crippen LogP contribution in [0.25, 0.3) is 0 Å². The summed E-state index contributed by atoms with van der Waals surface area (Å²) in [6.45, 7) is 7.94. The number of nitrogens with zero attached hydrogens (tertiary/aromatic N) is 1. The van der Waals surface area contributed by atoms with Crippen molar-refractivity contribution in [3.05, 3.63) is 29.3 Å². The van der Waals surface area contributed by atoms with Gasteiger partial charge in [0.1, 0.15) is 5.75 Å². The van der Waals surface area contributed by atoms with Crippen LogP contribution in [0.15, 0.2) is 24.3 Å². The number of fused-ring (bicyclic) bond motifs is 1. The molecule has 0 amide bonds. The zero-order chi connectivity index (χ0) is 13.9. The van der Waals surface area contributed by atoms with E-state index >= 15 is 0 Å². The number of benzene rings is 1. The molecule has 2 fully saturated rings. The zero-order valence-electron chi connectivity index (χ0n) is 12.0. The molecule has 20 heavy (non-hydrogen) atoms. The van der Waals surface area contributed by atoms with Crippen LogP contribution in [0.2, 0.25) is 5.02 Å². The third kappa shape index (κ3) is 3.11. The summed E-state index contributed by atoms with van der Waals surface area (Å²) < 4.78 is 5.75. The number of hydrogen-bond acceptors (Lipinski definition) is 3. The summed E-state index contributed by atoms with van der Waals surface area (Å²) in [6, 6.07) is 8.31. The van der Waals surface area contributed by atoms with E-state index in [0.29, 0.717) is 6.04 Å². The highest BCUT2D eigenvalue weighted by Crippen LogP contribution is 2.32. The van der Waals surface area contributed by atoms with E-state index in [1.807, 2.05) is 24.3 Å². The van der Waals surface area contributed by atoms with Crippen molar-refractivity contribution in [2.24, 2.45) is 11.8 Å². The second-order valence-electron chi connectivity index (χ2n) is 5.97. The van der Waals surface area contributed by atoms with E-state index < -0.39 is 0 Å². The monoisotopic (exact) mass is 294 g/mol. The predicted molar refractivity (Wildman–Crippen MR) is 82.4 cm³/mol. The number of ether oxygens (including phenoxy) is 1. The zero-order valence-corrected chi connectivity index (χ0v) is 12.8.